The first-order valence-electron chi connectivity index (χ1n) is 14.8. The predicted octanol–water partition coefficient (Wildman–Crippen LogP) is 4.86. The Bertz CT molecular complexity index is 1490. The van der Waals surface area contributed by atoms with E-state index in [2.05, 4.69) is 58.1 Å². The van der Waals surface area contributed by atoms with Gasteiger partial charge in [0, 0.05) is 66.5 Å². The molecule has 5 heterocycles. The molecule has 9 nitrogen and oxygen atoms in total. The molecule has 0 saturated carbocycles. The fourth-order valence-corrected chi connectivity index (χ4v) is 7.66. The molecule has 220 valence electrons. The number of anilines is 1. The van der Waals surface area contributed by atoms with Crippen molar-refractivity contribution in [3.05, 3.63) is 41.2 Å². The number of amides is 1. The Kier molecular flexibility index (Phi) is 6.98. The second kappa shape index (κ2) is 10.1. The zero-order valence-corrected chi connectivity index (χ0v) is 25.6. The van der Waals surface area contributed by atoms with Gasteiger partial charge in [-0.05, 0) is 78.0 Å². The summed E-state index contributed by atoms with van der Waals surface area (Å²) < 4.78 is 2.19. The Labute approximate surface area is 247 Å². The van der Waals surface area contributed by atoms with Crippen LogP contribution in [-0.4, -0.2) is 90.7 Å². The molecule has 2 aromatic heterocycles. The number of nitrogens with zero attached hydrogens (tertiary/aromatic N) is 6. The summed E-state index contributed by atoms with van der Waals surface area (Å²) in [6.07, 6.45) is 6.93. The highest BCUT2D eigenvalue weighted by atomic mass is 35.5. The molecule has 10 heteroatoms. The van der Waals surface area contributed by atoms with Crippen LogP contribution in [-0.2, 0) is 4.79 Å². The first-order valence-corrected chi connectivity index (χ1v) is 15.1. The van der Waals surface area contributed by atoms with Crippen molar-refractivity contribution >= 4 is 34.2 Å². The van der Waals surface area contributed by atoms with Gasteiger partial charge >= 0.3 is 0 Å². The van der Waals surface area contributed by atoms with E-state index in [0.29, 0.717) is 19.1 Å². The first kappa shape index (κ1) is 28.2. The number of rotatable bonds is 5. The van der Waals surface area contributed by atoms with E-state index < -0.39 is 5.60 Å². The number of piperidine rings is 2. The molecule has 1 aromatic carbocycles. The van der Waals surface area contributed by atoms with Crippen molar-refractivity contribution in [3.63, 3.8) is 0 Å². The van der Waals surface area contributed by atoms with E-state index in [0.717, 1.165) is 89.4 Å². The fraction of sp³-hybridized carbons (Fsp3) is 0.581. The first-order chi connectivity index (χ1) is 19.4. The number of aromatic amines is 1. The maximum atomic E-state index is 12.2. The zero-order valence-electron chi connectivity index (χ0n) is 24.9. The highest BCUT2D eigenvalue weighted by Gasteiger charge is 2.46. The second-order valence-corrected chi connectivity index (χ2v) is 13.6. The molecule has 1 atom stereocenters. The molecule has 1 unspecified atom stereocenters. The van der Waals surface area contributed by atoms with Crippen LogP contribution < -0.4 is 4.90 Å². The quantitative estimate of drug-likeness (QED) is 0.419. The Morgan fingerprint density at radius 2 is 1.80 bits per heavy atom. The summed E-state index contributed by atoms with van der Waals surface area (Å²) in [4.78, 5) is 19.0. The molecule has 1 amide bonds. The van der Waals surface area contributed by atoms with E-state index in [-0.39, 0.29) is 17.5 Å². The fourth-order valence-electron chi connectivity index (χ4n) is 7.41. The average Bonchev–Trinajstić information content (AvgIpc) is 3.51. The molecule has 0 bridgehead atoms. The van der Waals surface area contributed by atoms with Crippen LogP contribution in [0.1, 0.15) is 63.8 Å². The topological polar surface area (TPSA) is 93.5 Å². The highest BCUT2D eigenvalue weighted by Crippen LogP contribution is 2.47. The number of halogens is 1. The van der Waals surface area contributed by atoms with Crippen LogP contribution in [0.3, 0.4) is 0 Å². The van der Waals surface area contributed by atoms with Gasteiger partial charge in [0.05, 0.1) is 28.4 Å². The van der Waals surface area contributed by atoms with Crippen molar-refractivity contribution in [2.45, 2.75) is 83.5 Å². The number of benzene rings is 1. The molecule has 0 aliphatic carbocycles. The van der Waals surface area contributed by atoms with Crippen LogP contribution in [0.15, 0.2) is 24.9 Å². The number of β-amino-alcohol motifs (C(OH)–C–C–N with tert-alkyl or cyclic N) is 1. The minimum Gasteiger partial charge on any atom is -0.388 e. The molecule has 0 spiro atoms. The van der Waals surface area contributed by atoms with E-state index in [9.17, 15) is 9.90 Å². The minimum atomic E-state index is -0.575. The van der Waals surface area contributed by atoms with Gasteiger partial charge in [0.1, 0.15) is 0 Å². The van der Waals surface area contributed by atoms with Crippen molar-refractivity contribution in [3.8, 4) is 11.1 Å². The Morgan fingerprint density at radius 3 is 2.44 bits per heavy atom. The number of aliphatic hydroxyl groups is 1. The molecule has 3 saturated heterocycles. The third kappa shape index (κ3) is 4.85. The molecule has 41 heavy (non-hydrogen) atoms. The van der Waals surface area contributed by atoms with E-state index >= 15 is 0 Å². The SMILES string of the molecule is C=CC(=O)N1CCC(n2nc(N3CCC(N4CC(C)(O)C4)CC3(C)C)c(-c3c(Cl)c(C)cc4[nH]ncc34)c2C)CC1. The molecule has 6 rings (SSSR count). The minimum absolute atomic E-state index is 0.00996. The average molecular weight is 580 g/mol. The lowest BCUT2D eigenvalue weighted by molar-refractivity contribution is -0.127. The van der Waals surface area contributed by atoms with Gasteiger partial charge in [-0.3, -0.25) is 19.5 Å². The van der Waals surface area contributed by atoms with Crippen molar-refractivity contribution in [1.82, 2.24) is 29.8 Å². The van der Waals surface area contributed by atoms with Crippen LogP contribution in [0.25, 0.3) is 22.0 Å². The van der Waals surface area contributed by atoms with Gasteiger partial charge in [-0.2, -0.15) is 10.2 Å². The summed E-state index contributed by atoms with van der Waals surface area (Å²) in [6.45, 7) is 18.1. The van der Waals surface area contributed by atoms with Gasteiger partial charge in [0.15, 0.2) is 5.82 Å². The smallest absolute Gasteiger partial charge is 0.245 e. The number of fused-ring (bicyclic) bond motifs is 1. The van der Waals surface area contributed by atoms with E-state index in [1.165, 1.54) is 6.08 Å². The van der Waals surface area contributed by atoms with Crippen molar-refractivity contribution in [1.29, 1.82) is 0 Å². The van der Waals surface area contributed by atoms with Crippen LogP contribution in [0.5, 0.6) is 0 Å². The third-order valence-corrected chi connectivity index (χ3v) is 10.0. The number of likely N-dealkylation sites (tertiary alicyclic amines) is 2. The molecule has 2 N–H and O–H groups in total. The summed E-state index contributed by atoms with van der Waals surface area (Å²) in [5.41, 5.74) is 4.35. The molecular formula is C31H42ClN7O2. The van der Waals surface area contributed by atoms with Gasteiger partial charge in [-0.15, -0.1) is 0 Å². The number of aryl methyl sites for hydroxylation is 1. The lowest BCUT2D eigenvalue weighted by atomic mass is 9.82. The Morgan fingerprint density at radius 1 is 1.12 bits per heavy atom. The van der Waals surface area contributed by atoms with Gasteiger partial charge in [-0.1, -0.05) is 18.2 Å². The molecule has 3 aromatic rings. The van der Waals surface area contributed by atoms with Crippen molar-refractivity contribution in [2.24, 2.45) is 0 Å². The van der Waals surface area contributed by atoms with Crippen LogP contribution >= 0.6 is 11.6 Å². The summed E-state index contributed by atoms with van der Waals surface area (Å²) in [7, 11) is 0. The highest BCUT2D eigenvalue weighted by molar-refractivity contribution is 6.36. The number of aromatic nitrogens is 4. The summed E-state index contributed by atoms with van der Waals surface area (Å²) >= 11 is 7.12. The van der Waals surface area contributed by atoms with Crippen LogP contribution in [0, 0.1) is 13.8 Å². The maximum Gasteiger partial charge on any atom is 0.245 e. The summed E-state index contributed by atoms with van der Waals surface area (Å²) in [5, 5.41) is 25.0. The number of hydrogen-bond acceptors (Lipinski definition) is 6. The van der Waals surface area contributed by atoms with Gasteiger partial charge in [0.25, 0.3) is 0 Å². The van der Waals surface area contributed by atoms with Crippen molar-refractivity contribution in [2.75, 3.05) is 37.6 Å². The van der Waals surface area contributed by atoms with E-state index in [1.54, 1.807) is 0 Å². The summed E-state index contributed by atoms with van der Waals surface area (Å²) in [5.74, 6) is 0.949. The molecule has 3 aliphatic heterocycles. The zero-order chi connectivity index (χ0) is 29.3. The Balaban J connectivity index is 1.42. The molecule has 3 fully saturated rings. The monoisotopic (exact) mass is 579 g/mol. The normalized spacial score (nSPS) is 23.1. The van der Waals surface area contributed by atoms with Gasteiger partial charge in [0.2, 0.25) is 5.91 Å². The van der Waals surface area contributed by atoms with E-state index in [4.69, 9.17) is 16.7 Å². The van der Waals surface area contributed by atoms with Crippen LogP contribution in [0.2, 0.25) is 5.02 Å². The van der Waals surface area contributed by atoms with Crippen molar-refractivity contribution < 1.29 is 9.90 Å². The standard InChI is InChI=1S/C31H42ClN7O2/c1-7-25(40)36-11-8-21(9-12-36)39-20(3)26(27-23-16-33-34-24(23)14-19(2)28(27)32)29(35-39)38-13-10-22(15-30(38,4)5)37-17-31(6,41)18-37/h7,14,16,21-22,41H,1,8-13,15,17-18H2,2-6H3,(H,33,34). The molecular weight excluding hydrogens is 538 g/mol. The van der Waals surface area contributed by atoms with Gasteiger partial charge in [-0.25, -0.2) is 0 Å². The summed E-state index contributed by atoms with van der Waals surface area (Å²) in [6, 6.07) is 2.67. The third-order valence-electron chi connectivity index (χ3n) is 9.55. The lowest BCUT2D eigenvalue weighted by Crippen LogP contribution is -2.66. The lowest BCUT2D eigenvalue weighted by Gasteiger charge is -2.54. The largest absolute Gasteiger partial charge is 0.388 e. The Hall–Kier alpha value is -2.88. The van der Waals surface area contributed by atoms with Gasteiger partial charge < -0.3 is 14.9 Å². The number of carbonyl (C=O) groups excluding carboxylic acids is 1. The predicted molar refractivity (Wildman–Crippen MR) is 163 cm³/mol. The number of H-pyrrole nitrogens is 1. The maximum absolute atomic E-state index is 12.2. The number of hydrogen-bond donors (Lipinski definition) is 2. The number of carbonyl (C=O) groups is 1. The molecule has 0 radical (unpaired) electrons. The second-order valence-electron chi connectivity index (χ2n) is 13.2. The number of nitrogens with one attached hydrogen (secondary N) is 1. The molecule has 3 aliphatic rings. The van der Waals surface area contributed by atoms with E-state index in [1.807, 2.05) is 24.9 Å². The van der Waals surface area contributed by atoms with Crippen LogP contribution in [0.4, 0.5) is 5.82 Å².